The van der Waals surface area contributed by atoms with Crippen molar-refractivity contribution in [3.8, 4) is 0 Å². The van der Waals surface area contributed by atoms with E-state index in [-0.39, 0.29) is 29.9 Å². The maximum absolute atomic E-state index is 12.6. The number of likely N-dealkylation sites (N-methyl/N-ethyl adjacent to an activating group) is 2. The molecule has 2 heterocycles. The molecule has 0 fully saturated rings. The molecule has 0 saturated carbocycles. The van der Waals surface area contributed by atoms with E-state index in [1.54, 1.807) is 47.3 Å². The van der Waals surface area contributed by atoms with Gasteiger partial charge in [-0.05, 0) is 87.9 Å². The first-order valence-corrected chi connectivity index (χ1v) is 16.1. The topological polar surface area (TPSA) is 101 Å². The third-order valence-corrected chi connectivity index (χ3v) is 7.35. The molecule has 2 atom stereocenters. The van der Waals surface area contributed by atoms with Gasteiger partial charge in [0.2, 0.25) is 0 Å². The standard InChI is InChI=1S/C22H28N2O3.C17H20N2O/c1-22(2,3)27-21(26)24(4)16-20(25)15-18(17-10-6-5-7-11-17)14-19-12-8-9-13-23-19;1-18-13-17(20)12-15(14-7-3-2-4-8-14)11-16-9-5-6-10-19-16/h5-13,18H,14-16H2,1-4H3;2-10,15,18H,11-13H2,1H3/t18-;15-/m11/s1. The number of ether oxygens (including phenoxy) is 1. The van der Waals surface area contributed by atoms with Crippen LogP contribution in [0.2, 0.25) is 0 Å². The SMILES string of the molecule is CN(CC(=O)C[C@@H](Cc1ccccn1)c1ccccc1)C(=O)OC(C)(C)C.CNCC(=O)C[C@@H](Cc1ccccn1)c1ccccc1. The zero-order valence-electron chi connectivity index (χ0n) is 28.3. The average Bonchev–Trinajstić information content (AvgIpc) is 3.05. The van der Waals surface area contributed by atoms with Crippen LogP contribution in [0.1, 0.15) is 68.0 Å². The van der Waals surface area contributed by atoms with Crippen molar-refractivity contribution < 1.29 is 19.1 Å². The predicted molar refractivity (Wildman–Crippen MR) is 186 cm³/mol. The van der Waals surface area contributed by atoms with Crippen LogP contribution in [0.4, 0.5) is 4.79 Å². The van der Waals surface area contributed by atoms with E-state index in [0.717, 1.165) is 23.4 Å². The zero-order chi connectivity index (χ0) is 34.1. The Morgan fingerprint density at radius 1 is 0.702 bits per heavy atom. The minimum atomic E-state index is -0.583. The van der Waals surface area contributed by atoms with Crippen LogP contribution >= 0.6 is 0 Å². The Bertz CT molecular complexity index is 1490. The van der Waals surface area contributed by atoms with Crippen molar-refractivity contribution in [2.45, 2.75) is 63.9 Å². The van der Waals surface area contributed by atoms with Crippen molar-refractivity contribution in [1.29, 1.82) is 0 Å². The first kappa shape index (κ1) is 36.8. The molecule has 47 heavy (non-hydrogen) atoms. The van der Waals surface area contributed by atoms with E-state index in [1.807, 2.05) is 84.9 Å². The summed E-state index contributed by atoms with van der Waals surface area (Å²) in [4.78, 5) is 46.7. The van der Waals surface area contributed by atoms with Crippen LogP contribution in [0, 0.1) is 0 Å². The highest BCUT2D eigenvalue weighted by Crippen LogP contribution is 2.25. The second kappa shape index (κ2) is 19.1. The Morgan fingerprint density at radius 3 is 1.55 bits per heavy atom. The molecule has 0 aliphatic rings. The quantitative estimate of drug-likeness (QED) is 0.162. The molecule has 4 rings (SSSR count). The van der Waals surface area contributed by atoms with Crippen molar-refractivity contribution in [2.24, 2.45) is 0 Å². The van der Waals surface area contributed by atoms with E-state index in [0.29, 0.717) is 25.8 Å². The number of benzene rings is 2. The maximum atomic E-state index is 12.6. The van der Waals surface area contributed by atoms with Crippen LogP contribution in [0.15, 0.2) is 109 Å². The van der Waals surface area contributed by atoms with Crippen LogP contribution in [0.25, 0.3) is 0 Å². The molecule has 0 bridgehead atoms. The summed E-state index contributed by atoms with van der Waals surface area (Å²) in [5, 5.41) is 2.92. The summed E-state index contributed by atoms with van der Waals surface area (Å²) in [6.07, 6.45) is 5.42. The van der Waals surface area contributed by atoms with Gasteiger partial charge in [0.1, 0.15) is 11.4 Å². The number of amides is 1. The summed E-state index contributed by atoms with van der Waals surface area (Å²) in [5.74, 6) is 0.429. The molecular formula is C39H48N4O4. The van der Waals surface area contributed by atoms with E-state index in [4.69, 9.17) is 4.74 Å². The highest BCUT2D eigenvalue weighted by atomic mass is 16.6. The number of pyridine rings is 2. The Morgan fingerprint density at radius 2 is 1.15 bits per heavy atom. The van der Waals surface area contributed by atoms with Gasteiger partial charge in [0.25, 0.3) is 0 Å². The Labute approximate surface area is 279 Å². The molecule has 0 spiro atoms. The molecule has 4 aromatic rings. The molecule has 0 aliphatic carbocycles. The lowest BCUT2D eigenvalue weighted by atomic mass is 9.89. The molecule has 0 saturated heterocycles. The molecule has 8 heteroatoms. The summed E-state index contributed by atoms with van der Waals surface area (Å²) in [5.41, 5.74) is 3.68. The van der Waals surface area contributed by atoms with Gasteiger partial charge in [-0.3, -0.25) is 19.6 Å². The Kier molecular flexibility index (Phi) is 14.9. The highest BCUT2D eigenvalue weighted by Gasteiger charge is 2.23. The number of rotatable bonds is 14. The van der Waals surface area contributed by atoms with E-state index in [1.165, 1.54) is 10.5 Å². The molecular weight excluding hydrogens is 588 g/mol. The van der Waals surface area contributed by atoms with Gasteiger partial charge in [0, 0.05) is 43.7 Å². The maximum Gasteiger partial charge on any atom is 0.410 e. The van der Waals surface area contributed by atoms with E-state index < -0.39 is 11.7 Å². The van der Waals surface area contributed by atoms with Crippen molar-refractivity contribution in [3.05, 3.63) is 132 Å². The molecule has 1 N–H and O–H groups in total. The molecule has 2 aromatic carbocycles. The molecule has 0 radical (unpaired) electrons. The lowest BCUT2D eigenvalue weighted by Gasteiger charge is -2.25. The third-order valence-electron chi connectivity index (χ3n) is 7.35. The van der Waals surface area contributed by atoms with Crippen LogP contribution in [0.5, 0.6) is 0 Å². The smallest absolute Gasteiger partial charge is 0.410 e. The van der Waals surface area contributed by atoms with Gasteiger partial charge in [-0.2, -0.15) is 0 Å². The Hall–Kier alpha value is -4.69. The number of aromatic nitrogens is 2. The second-order valence-corrected chi connectivity index (χ2v) is 12.6. The predicted octanol–water partition coefficient (Wildman–Crippen LogP) is 6.82. The van der Waals surface area contributed by atoms with Crippen LogP contribution in [-0.2, 0) is 27.2 Å². The first-order chi connectivity index (χ1) is 22.5. The largest absolute Gasteiger partial charge is 0.444 e. The van der Waals surface area contributed by atoms with Crippen molar-refractivity contribution >= 4 is 17.7 Å². The number of nitrogens with one attached hydrogen (secondary N) is 1. The number of hydrogen-bond acceptors (Lipinski definition) is 7. The fraction of sp³-hybridized carbons (Fsp3) is 0.359. The molecule has 248 valence electrons. The van der Waals surface area contributed by atoms with Crippen molar-refractivity contribution in [3.63, 3.8) is 0 Å². The minimum Gasteiger partial charge on any atom is -0.444 e. The van der Waals surface area contributed by atoms with Gasteiger partial charge in [0.05, 0.1) is 13.1 Å². The van der Waals surface area contributed by atoms with Crippen LogP contribution in [0.3, 0.4) is 0 Å². The van der Waals surface area contributed by atoms with Gasteiger partial charge in [-0.15, -0.1) is 0 Å². The van der Waals surface area contributed by atoms with Gasteiger partial charge in [0.15, 0.2) is 5.78 Å². The minimum absolute atomic E-state index is 0.00635. The fourth-order valence-corrected chi connectivity index (χ4v) is 5.16. The van der Waals surface area contributed by atoms with Gasteiger partial charge in [-0.1, -0.05) is 72.8 Å². The highest BCUT2D eigenvalue weighted by molar-refractivity contribution is 5.84. The molecule has 0 aliphatic heterocycles. The number of Topliss-reactive ketones (excluding diaryl/α,β-unsaturated/α-hetero) is 2. The normalized spacial score (nSPS) is 12.2. The van der Waals surface area contributed by atoms with Crippen molar-refractivity contribution in [1.82, 2.24) is 20.2 Å². The van der Waals surface area contributed by atoms with E-state index >= 15 is 0 Å². The zero-order valence-corrected chi connectivity index (χ0v) is 28.3. The first-order valence-electron chi connectivity index (χ1n) is 16.1. The molecule has 0 unspecified atom stereocenters. The summed E-state index contributed by atoms with van der Waals surface area (Å²) in [7, 11) is 3.39. The van der Waals surface area contributed by atoms with Crippen LogP contribution in [-0.4, -0.2) is 65.3 Å². The number of nitrogens with zero attached hydrogens (tertiary/aromatic N) is 3. The summed E-state index contributed by atoms with van der Waals surface area (Å²) in [6, 6.07) is 31.8. The summed E-state index contributed by atoms with van der Waals surface area (Å²) >= 11 is 0. The fourth-order valence-electron chi connectivity index (χ4n) is 5.16. The monoisotopic (exact) mass is 636 g/mol. The number of hydrogen-bond donors (Lipinski definition) is 1. The van der Waals surface area contributed by atoms with Crippen LogP contribution < -0.4 is 5.32 Å². The molecule has 2 aromatic heterocycles. The van der Waals surface area contributed by atoms with Crippen molar-refractivity contribution in [2.75, 3.05) is 27.2 Å². The van der Waals surface area contributed by atoms with E-state index in [2.05, 4.69) is 27.4 Å². The lowest BCUT2D eigenvalue weighted by molar-refractivity contribution is -0.120. The number of carbonyl (C=O) groups is 3. The summed E-state index contributed by atoms with van der Waals surface area (Å²) < 4.78 is 5.31. The Balaban J connectivity index is 0.000000267. The number of carbonyl (C=O) groups excluding carboxylic acids is 3. The average molecular weight is 637 g/mol. The summed E-state index contributed by atoms with van der Waals surface area (Å²) in [6.45, 7) is 5.86. The molecule has 8 nitrogen and oxygen atoms in total. The van der Waals surface area contributed by atoms with E-state index in [9.17, 15) is 14.4 Å². The van der Waals surface area contributed by atoms with Gasteiger partial charge in [-0.25, -0.2) is 4.79 Å². The molecule has 1 amide bonds. The number of ketones is 2. The van der Waals surface area contributed by atoms with Gasteiger partial charge >= 0.3 is 6.09 Å². The second-order valence-electron chi connectivity index (χ2n) is 12.6. The lowest BCUT2D eigenvalue weighted by Crippen LogP contribution is -2.37. The van der Waals surface area contributed by atoms with Gasteiger partial charge < -0.3 is 15.0 Å². The third kappa shape index (κ3) is 14.1.